The van der Waals surface area contributed by atoms with Crippen molar-refractivity contribution in [2.75, 3.05) is 47.0 Å². The molecule has 0 aliphatic carbocycles. The van der Waals surface area contributed by atoms with Crippen LogP contribution in [-0.2, 0) is 4.74 Å². The van der Waals surface area contributed by atoms with E-state index in [4.69, 9.17) is 9.47 Å². The highest BCUT2D eigenvalue weighted by molar-refractivity contribution is 5.95. The maximum absolute atomic E-state index is 12.9. The second-order valence-electron chi connectivity index (χ2n) is 6.16. The smallest absolute Gasteiger partial charge is 0.254 e. The van der Waals surface area contributed by atoms with Crippen LogP contribution in [0.3, 0.4) is 0 Å². The van der Waals surface area contributed by atoms with E-state index in [-0.39, 0.29) is 17.7 Å². The van der Waals surface area contributed by atoms with E-state index in [9.17, 15) is 9.90 Å². The molecule has 6 nitrogen and oxygen atoms in total. The van der Waals surface area contributed by atoms with Gasteiger partial charge in [0, 0.05) is 37.2 Å². The SMILES string of the molecule is COc1cc(O)cc(C(=O)N2C[C@H]3COC[C@@H]2CN(C)C3)c1. The van der Waals surface area contributed by atoms with E-state index in [1.807, 2.05) is 4.90 Å². The van der Waals surface area contributed by atoms with Crippen molar-refractivity contribution >= 4 is 5.91 Å². The summed E-state index contributed by atoms with van der Waals surface area (Å²) in [5.74, 6) is 0.758. The second kappa shape index (κ2) is 6.14. The standard InChI is InChI=1S/C16H22N2O4/c1-17-6-11-7-18(13(8-17)10-22-9-11)16(20)12-3-14(19)5-15(4-12)21-2/h3-5,11,13,19H,6-10H2,1-2H3/t11-,13-/m0/s1. The van der Waals surface area contributed by atoms with Crippen LogP contribution in [0.5, 0.6) is 11.5 Å². The molecule has 0 unspecified atom stereocenters. The van der Waals surface area contributed by atoms with E-state index in [1.54, 1.807) is 6.07 Å². The number of carbonyl (C=O) groups excluding carboxylic acids is 1. The quantitative estimate of drug-likeness (QED) is 0.876. The molecule has 2 aliphatic heterocycles. The third-order valence-corrected chi connectivity index (χ3v) is 4.29. The van der Waals surface area contributed by atoms with Crippen LogP contribution >= 0.6 is 0 Å². The Morgan fingerprint density at radius 2 is 2.09 bits per heavy atom. The van der Waals surface area contributed by atoms with E-state index >= 15 is 0 Å². The van der Waals surface area contributed by atoms with Gasteiger partial charge >= 0.3 is 0 Å². The molecule has 120 valence electrons. The van der Waals surface area contributed by atoms with E-state index in [1.165, 1.54) is 19.2 Å². The van der Waals surface area contributed by atoms with Gasteiger partial charge in [-0.05, 0) is 19.2 Å². The maximum Gasteiger partial charge on any atom is 0.254 e. The first kappa shape index (κ1) is 15.1. The van der Waals surface area contributed by atoms with Gasteiger partial charge in [-0.2, -0.15) is 0 Å². The average Bonchev–Trinajstić information content (AvgIpc) is 2.75. The largest absolute Gasteiger partial charge is 0.508 e. The molecule has 1 amide bonds. The number of fused-ring (bicyclic) bond motifs is 3. The van der Waals surface area contributed by atoms with Gasteiger partial charge in [0.2, 0.25) is 0 Å². The van der Waals surface area contributed by atoms with Crippen LogP contribution in [0, 0.1) is 5.92 Å². The monoisotopic (exact) mass is 306 g/mol. The number of phenolic OH excluding ortho intramolecular Hbond substituents is 1. The second-order valence-corrected chi connectivity index (χ2v) is 6.16. The number of methoxy groups -OCH3 is 1. The Kier molecular flexibility index (Phi) is 4.22. The molecule has 1 aromatic rings. The molecule has 0 aromatic heterocycles. The van der Waals surface area contributed by atoms with Crippen LogP contribution in [0.25, 0.3) is 0 Å². The van der Waals surface area contributed by atoms with Gasteiger partial charge in [0.1, 0.15) is 11.5 Å². The topological polar surface area (TPSA) is 62.2 Å². The highest BCUT2D eigenvalue weighted by Crippen LogP contribution is 2.25. The summed E-state index contributed by atoms with van der Waals surface area (Å²) in [6, 6.07) is 4.69. The Bertz CT molecular complexity index is 563. The third kappa shape index (κ3) is 3.03. The van der Waals surface area contributed by atoms with E-state index < -0.39 is 0 Å². The lowest BCUT2D eigenvalue weighted by molar-refractivity contribution is 0.0483. The molecule has 2 saturated heterocycles. The maximum atomic E-state index is 12.9. The zero-order valence-electron chi connectivity index (χ0n) is 13.0. The van der Waals surface area contributed by atoms with Gasteiger partial charge in [0.05, 0.1) is 26.4 Å². The van der Waals surface area contributed by atoms with Crippen LogP contribution in [0.2, 0.25) is 0 Å². The summed E-state index contributed by atoms with van der Waals surface area (Å²) < 4.78 is 10.8. The van der Waals surface area contributed by atoms with E-state index in [0.717, 1.165) is 13.1 Å². The summed E-state index contributed by atoms with van der Waals surface area (Å²) in [4.78, 5) is 17.0. The molecule has 2 atom stereocenters. The lowest BCUT2D eigenvalue weighted by Gasteiger charge is -2.29. The highest BCUT2D eigenvalue weighted by atomic mass is 16.5. The van der Waals surface area contributed by atoms with Gasteiger partial charge in [0.25, 0.3) is 5.91 Å². The molecule has 3 rings (SSSR count). The molecular weight excluding hydrogens is 284 g/mol. The average molecular weight is 306 g/mol. The van der Waals surface area contributed by atoms with Crippen molar-refractivity contribution in [1.82, 2.24) is 9.80 Å². The summed E-state index contributed by atoms with van der Waals surface area (Å²) in [5.41, 5.74) is 0.451. The molecule has 1 aromatic carbocycles. The molecule has 2 heterocycles. The molecule has 0 saturated carbocycles. The number of hydrogen-bond donors (Lipinski definition) is 1. The van der Waals surface area contributed by atoms with Gasteiger partial charge in [-0.25, -0.2) is 0 Å². The predicted octanol–water partition coefficient (Wildman–Crippen LogP) is 0.803. The van der Waals surface area contributed by atoms with Crippen molar-refractivity contribution in [2.24, 2.45) is 5.92 Å². The van der Waals surface area contributed by atoms with E-state index in [0.29, 0.717) is 37.0 Å². The third-order valence-electron chi connectivity index (χ3n) is 4.29. The van der Waals surface area contributed by atoms with Crippen molar-refractivity contribution in [3.05, 3.63) is 23.8 Å². The first-order chi connectivity index (χ1) is 10.6. The van der Waals surface area contributed by atoms with Gasteiger partial charge in [-0.3, -0.25) is 4.79 Å². The highest BCUT2D eigenvalue weighted by Gasteiger charge is 2.35. The van der Waals surface area contributed by atoms with Crippen molar-refractivity contribution in [3.63, 3.8) is 0 Å². The zero-order valence-corrected chi connectivity index (χ0v) is 13.0. The number of rotatable bonds is 2. The summed E-state index contributed by atoms with van der Waals surface area (Å²) in [7, 11) is 3.60. The Balaban J connectivity index is 1.89. The number of amides is 1. The number of ether oxygens (including phenoxy) is 2. The van der Waals surface area contributed by atoms with Gasteiger partial charge in [-0.15, -0.1) is 0 Å². The minimum Gasteiger partial charge on any atom is -0.508 e. The summed E-state index contributed by atoms with van der Waals surface area (Å²) in [5, 5.41) is 9.77. The van der Waals surface area contributed by atoms with Crippen LogP contribution in [-0.4, -0.2) is 73.9 Å². The van der Waals surface area contributed by atoms with Crippen LogP contribution < -0.4 is 4.74 Å². The lowest BCUT2D eigenvalue weighted by atomic mass is 10.1. The van der Waals surface area contributed by atoms with Crippen LogP contribution in [0.15, 0.2) is 18.2 Å². The Labute approximate surface area is 130 Å². The fraction of sp³-hybridized carbons (Fsp3) is 0.562. The van der Waals surface area contributed by atoms with Crippen molar-refractivity contribution in [3.8, 4) is 11.5 Å². The number of phenols is 1. The molecular formula is C16H22N2O4. The van der Waals surface area contributed by atoms with Crippen molar-refractivity contribution < 1.29 is 19.4 Å². The number of benzene rings is 1. The summed E-state index contributed by atoms with van der Waals surface area (Å²) in [6.07, 6.45) is 0. The molecule has 0 spiro atoms. The molecule has 1 N–H and O–H groups in total. The van der Waals surface area contributed by atoms with Crippen molar-refractivity contribution in [2.45, 2.75) is 6.04 Å². The molecule has 2 aliphatic rings. The van der Waals surface area contributed by atoms with Crippen LogP contribution in [0.1, 0.15) is 10.4 Å². The van der Waals surface area contributed by atoms with Crippen LogP contribution in [0.4, 0.5) is 0 Å². The zero-order chi connectivity index (χ0) is 15.7. The number of aromatic hydroxyl groups is 1. The fourth-order valence-electron chi connectivity index (χ4n) is 3.32. The molecule has 2 fully saturated rings. The number of hydrogen-bond acceptors (Lipinski definition) is 5. The molecule has 0 radical (unpaired) electrons. The Hall–Kier alpha value is -1.79. The summed E-state index contributed by atoms with van der Waals surface area (Å²) >= 11 is 0. The van der Waals surface area contributed by atoms with E-state index in [2.05, 4.69) is 11.9 Å². The molecule has 6 heteroatoms. The Morgan fingerprint density at radius 3 is 2.86 bits per heavy atom. The van der Waals surface area contributed by atoms with Gasteiger partial charge in [0.15, 0.2) is 0 Å². The minimum absolute atomic E-state index is 0.0360. The number of carbonyl (C=O) groups is 1. The van der Waals surface area contributed by atoms with Crippen molar-refractivity contribution in [1.29, 1.82) is 0 Å². The molecule has 22 heavy (non-hydrogen) atoms. The van der Waals surface area contributed by atoms with Gasteiger partial charge < -0.3 is 24.4 Å². The lowest BCUT2D eigenvalue weighted by Crippen LogP contribution is -2.45. The normalized spacial score (nSPS) is 25.6. The predicted molar refractivity (Wildman–Crippen MR) is 81.3 cm³/mol. The minimum atomic E-state index is -0.0787. The number of nitrogens with zero attached hydrogens (tertiary/aromatic N) is 2. The first-order valence-electron chi connectivity index (χ1n) is 7.52. The van der Waals surface area contributed by atoms with Gasteiger partial charge in [-0.1, -0.05) is 0 Å². The Morgan fingerprint density at radius 1 is 1.27 bits per heavy atom. The fourth-order valence-corrected chi connectivity index (χ4v) is 3.32. The number of likely N-dealkylation sites (N-methyl/N-ethyl adjacent to an activating group) is 1. The summed E-state index contributed by atoms with van der Waals surface area (Å²) in [6.45, 7) is 3.67. The first-order valence-corrected chi connectivity index (χ1v) is 7.52. The molecule has 2 bridgehead atoms.